The number of amides is 2. The zero-order valence-electron chi connectivity index (χ0n) is 17.5. The van der Waals surface area contributed by atoms with E-state index in [2.05, 4.69) is 16.7 Å². The summed E-state index contributed by atoms with van der Waals surface area (Å²) in [6.07, 6.45) is 0. The Morgan fingerprint density at radius 2 is 1.60 bits per heavy atom. The summed E-state index contributed by atoms with van der Waals surface area (Å²) in [6.45, 7) is 6.25. The van der Waals surface area contributed by atoms with Crippen molar-refractivity contribution in [3.05, 3.63) is 94.5 Å². The van der Waals surface area contributed by atoms with Gasteiger partial charge in [0.25, 0.3) is 11.8 Å². The molecule has 0 aliphatic carbocycles. The molecule has 0 radical (unpaired) electrons. The van der Waals surface area contributed by atoms with Crippen LogP contribution in [0.5, 0.6) is 5.75 Å². The molecule has 3 aromatic rings. The van der Waals surface area contributed by atoms with E-state index in [4.69, 9.17) is 4.74 Å². The summed E-state index contributed by atoms with van der Waals surface area (Å²) in [6, 6.07) is 20.6. The highest BCUT2D eigenvalue weighted by atomic mass is 16.5. The van der Waals surface area contributed by atoms with E-state index in [1.165, 1.54) is 0 Å². The van der Waals surface area contributed by atoms with E-state index in [1.807, 2.05) is 57.2 Å². The van der Waals surface area contributed by atoms with Crippen LogP contribution in [0.3, 0.4) is 0 Å². The van der Waals surface area contributed by atoms with E-state index in [9.17, 15) is 9.59 Å². The summed E-state index contributed by atoms with van der Waals surface area (Å²) in [4.78, 5) is 25.1. The predicted molar refractivity (Wildman–Crippen MR) is 119 cm³/mol. The van der Waals surface area contributed by atoms with E-state index >= 15 is 0 Å². The third-order valence-corrected chi connectivity index (χ3v) is 4.86. The van der Waals surface area contributed by atoms with Gasteiger partial charge < -0.3 is 15.4 Å². The number of hydrogen-bond donors (Lipinski definition) is 2. The molecule has 0 atom stereocenters. The van der Waals surface area contributed by atoms with Crippen molar-refractivity contribution in [1.29, 1.82) is 0 Å². The number of nitrogens with one attached hydrogen (secondary N) is 2. The van der Waals surface area contributed by atoms with Crippen LogP contribution >= 0.6 is 0 Å². The minimum absolute atomic E-state index is 0.135. The number of anilines is 1. The van der Waals surface area contributed by atoms with Crippen LogP contribution in [-0.2, 0) is 11.3 Å². The van der Waals surface area contributed by atoms with E-state index in [0.29, 0.717) is 23.5 Å². The minimum atomic E-state index is -0.322. The Kier molecular flexibility index (Phi) is 6.86. The fraction of sp³-hybridized carbons (Fsp3) is 0.200. The Balaban J connectivity index is 1.63. The van der Waals surface area contributed by atoms with Crippen LogP contribution in [0.25, 0.3) is 0 Å². The number of benzene rings is 3. The highest BCUT2D eigenvalue weighted by molar-refractivity contribution is 6.04. The zero-order valence-corrected chi connectivity index (χ0v) is 17.5. The Hall–Kier alpha value is -3.60. The summed E-state index contributed by atoms with van der Waals surface area (Å²) in [5.41, 5.74) is 5.07. The molecule has 0 bridgehead atoms. The van der Waals surface area contributed by atoms with Crippen LogP contribution in [0.2, 0.25) is 0 Å². The van der Waals surface area contributed by atoms with Gasteiger partial charge in [0.1, 0.15) is 5.75 Å². The standard InChI is InChI=1S/C25H26N2O3/c1-17-13-18(2)19(3)23(14-17)30-16-24(28)27-22-12-8-7-11-21(22)25(29)26-15-20-9-5-4-6-10-20/h4-14H,15-16H2,1-3H3,(H,26,29)(H,27,28). The number of para-hydroxylation sites is 1. The van der Waals surface area contributed by atoms with E-state index in [-0.39, 0.29) is 18.4 Å². The van der Waals surface area contributed by atoms with Crippen molar-refractivity contribution in [3.8, 4) is 5.75 Å². The molecule has 0 saturated carbocycles. The largest absolute Gasteiger partial charge is 0.483 e. The first-order chi connectivity index (χ1) is 14.4. The van der Waals surface area contributed by atoms with Crippen molar-refractivity contribution >= 4 is 17.5 Å². The van der Waals surface area contributed by atoms with Crippen molar-refractivity contribution in [2.75, 3.05) is 11.9 Å². The van der Waals surface area contributed by atoms with Crippen molar-refractivity contribution in [2.45, 2.75) is 27.3 Å². The number of hydrogen-bond acceptors (Lipinski definition) is 3. The first-order valence-electron chi connectivity index (χ1n) is 9.85. The molecule has 2 N–H and O–H groups in total. The van der Waals surface area contributed by atoms with Gasteiger partial charge in [-0.2, -0.15) is 0 Å². The van der Waals surface area contributed by atoms with Crippen LogP contribution < -0.4 is 15.4 Å². The lowest BCUT2D eigenvalue weighted by molar-refractivity contribution is -0.118. The van der Waals surface area contributed by atoms with Gasteiger partial charge >= 0.3 is 0 Å². The summed E-state index contributed by atoms with van der Waals surface area (Å²) < 4.78 is 5.73. The topological polar surface area (TPSA) is 67.4 Å². The maximum atomic E-state index is 12.6. The average molecular weight is 402 g/mol. The number of carbonyl (C=O) groups excluding carboxylic acids is 2. The van der Waals surface area contributed by atoms with Crippen LogP contribution in [0.15, 0.2) is 66.7 Å². The lowest BCUT2D eigenvalue weighted by Gasteiger charge is -2.14. The Labute approximate surface area is 177 Å². The molecule has 5 nitrogen and oxygen atoms in total. The molecule has 0 unspecified atom stereocenters. The summed E-state index contributed by atoms with van der Waals surface area (Å²) in [5, 5.41) is 5.67. The van der Waals surface area contributed by atoms with Crippen LogP contribution in [0.1, 0.15) is 32.6 Å². The summed E-state index contributed by atoms with van der Waals surface area (Å²) in [5.74, 6) is 0.120. The second kappa shape index (κ2) is 9.74. The van der Waals surface area contributed by atoms with Crippen molar-refractivity contribution in [2.24, 2.45) is 0 Å². The van der Waals surface area contributed by atoms with E-state index in [1.54, 1.807) is 24.3 Å². The third-order valence-electron chi connectivity index (χ3n) is 4.86. The SMILES string of the molecule is Cc1cc(C)c(C)c(OCC(=O)Nc2ccccc2C(=O)NCc2ccccc2)c1. The first-order valence-corrected chi connectivity index (χ1v) is 9.85. The van der Waals surface area contributed by atoms with Gasteiger partial charge in [0.05, 0.1) is 11.3 Å². The van der Waals surface area contributed by atoms with Gasteiger partial charge in [-0.15, -0.1) is 0 Å². The van der Waals surface area contributed by atoms with Crippen molar-refractivity contribution in [1.82, 2.24) is 5.32 Å². The molecule has 154 valence electrons. The normalized spacial score (nSPS) is 10.4. The number of ether oxygens (including phenoxy) is 1. The second-order valence-electron chi connectivity index (χ2n) is 7.26. The van der Waals surface area contributed by atoms with Crippen LogP contribution in [-0.4, -0.2) is 18.4 Å². The fourth-order valence-corrected chi connectivity index (χ4v) is 3.14. The monoisotopic (exact) mass is 402 g/mol. The number of carbonyl (C=O) groups is 2. The molecule has 0 saturated heterocycles. The molecule has 30 heavy (non-hydrogen) atoms. The predicted octanol–water partition coefficient (Wildman–Crippen LogP) is 4.56. The first kappa shape index (κ1) is 21.1. The number of rotatable bonds is 7. The molecule has 0 spiro atoms. The maximum Gasteiger partial charge on any atom is 0.262 e. The van der Waals surface area contributed by atoms with Gasteiger partial charge in [0.15, 0.2) is 6.61 Å². The summed E-state index contributed by atoms with van der Waals surface area (Å²) in [7, 11) is 0. The molecule has 0 fully saturated rings. The van der Waals surface area contributed by atoms with Gasteiger partial charge in [0, 0.05) is 6.54 Å². The van der Waals surface area contributed by atoms with Crippen LogP contribution in [0, 0.1) is 20.8 Å². The quantitative estimate of drug-likeness (QED) is 0.609. The van der Waals surface area contributed by atoms with Crippen molar-refractivity contribution < 1.29 is 14.3 Å². The molecule has 0 heterocycles. The molecule has 0 aliphatic heterocycles. The highest BCUT2D eigenvalue weighted by Gasteiger charge is 2.14. The molecule has 0 aromatic heterocycles. The van der Waals surface area contributed by atoms with Crippen molar-refractivity contribution in [3.63, 3.8) is 0 Å². The van der Waals surface area contributed by atoms with Gasteiger partial charge in [-0.25, -0.2) is 0 Å². The van der Waals surface area contributed by atoms with Crippen LogP contribution in [0.4, 0.5) is 5.69 Å². The van der Waals surface area contributed by atoms with E-state index < -0.39 is 0 Å². The highest BCUT2D eigenvalue weighted by Crippen LogP contribution is 2.23. The minimum Gasteiger partial charge on any atom is -0.483 e. The fourth-order valence-electron chi connectivity index (χ4n) is 3.14. The van der Waals surface area contributed by atoms with Gasteiger partial charge in [0.2, 0.25) is 0 Å². The Morgan fingerprint density at radius 1 is 0.900 bits per heavy atom. The second-order valence-corrected chi connectivity index (χ2v) is 7.26. The van der Waals surface area contributed by atoms with Gasteiger partial charge in [-0.3, -0.25) is 9.59 Å². The van der Waals surface area contributed by atoms with E-state index in [0.717, 1.165) is 22.3 Å². The molecule has 3 rings (SSSR count). The molecule has 3 aromatic carbocycles. The molecular weight excluding hydrogens is 376 g/mol. The smallest absolute Gasteiger partial charge is 0.262 e. The number of aryl methyl sites for hydroxylation is 2. The van der Waals surface area contributed by atoms with Gasteiger partial charge in [-0.1, -0.05) is 48.5 Å². The molecule has 0 aliphatic rings. The lowest BCUT2D eigenvalue weighted by atomic mass is 10.1. The van der Waals surface area contributed by atoms with Gasteiger partial charge in [-0.05, 0) is 61.2 Å². The lowest BCUT2D eigenvalue weighted by Crippen LogP contribution is -2.26. The molecule has 5 heteroatoms. The zero-order chi connectivity index (χ0) is 21.5. The molecule has 2 amide bonds. The Bertz CT molecular complexity index is 1050. The maximum absolute atomic E-state index is 12.6. The summed E-state index contributed by atoms with van der Waals surface area (Å²) >= 11 is 0. The third kappa shape index (κ3) is 5.47. The Morgan fingerprint density at radius 3 is 2.37 bits per heavy atom. The average Bonchev–Trinajstić information content (AvgIpc) is 2.74. The molecular formula is C25H26N2O3.